The Hall–Kier alpha value is -1.29. The lowest BCUT2D eigenvalue weighted by molar-refractivity contribution is 0.281. The van der Waals surface area contributed by atoms with Crippen LogP contribution in [-0.2, 0) is 0 Å². The SMILES string of the molecule is Cc1ccnc(NC(C)CO)c1N. The van der Waals surface area contributed by atoms with Gasteiger partial charge >= 0.3 is 0 Å². The van der Waals surface area contributed by atoms with Gasteiger partial charge in [-0.15, -0.1) is 0 Å². The third kappa shape index (κ3) is 2.32. The van der Waals surface area contributed by atoms with Crippen LogP contribution in [0.3, 0.4) is 0 Å². The number of hydrogen-bond acceptors (Lipinski definition) is 4. The Kier molecular flexibility index (Phi) is 3.08. The molecule has 1 unspecified atom stereocenters. The molecule has 1 heterocycles. The zero-order valence-corrected chi connectivity index (χ0v) is 7.91. The van der Waals surface area contributed by atoms with Gasteiger partial charge in [-0.05, 0) is 25.5 Å². The molecule has 0 aliphatic heterocycles. The molecule has 1 atom stereocenters. The molecular formula is C9H15N3O. The van der Waals surface area contributed by atoms with Crippen LogP contribution in [0.15, 0.2) is 12.3 Å². The molecular weight excluding hydrogens is 166 g/mol. The van der Waals surface area contributed by atoms with E-state index in [0.29, 0.717) is 11.5 Å². The maximum absolute atomic E-state index is 8.83. The molecule has 0 aliphatic rings. The molecule has 0 fully saturated rings. The van der Waals surface area contributed by atoms with E-state index in [9.17, 15) is 0 Å². The van der Waals surface area contributed by atoms with E-state index >= 15 is 0 Å². The van der Waals surface area contributed by atoms with Gasteiger partial charge in [0.25, 0.3) is 0 Å². The molecule has 1 aromatic heterocycles. The van der Waals surface area contributed by atoms with Crippen molar-refractivity contribution in [3.63, 3.8) is 0 Å². The summed E-state index contributed by atoms with van der Waals surface area (Å²) < 4.78 is 0. The summed E-state index contributed by atoms with van der Waals surface area (Å²) in [7, 11) is 0. The molecule has 4 nitrogen and oxygen atoms in total. The highest BCUT2D eigenvalue weighted by Gasteiger charge is 2.05. The summed E-state index contributed by atoms with van der Waals surface area (Å²) in [5.41, 5.74) is 7.41. The predicted molar refractivity (Wildman–Crippen MR) is 53.6 cm³/mol. The van der Waals surface area contributed by atoms with Gasteiger partial charge in [-0.2, -0.15) is 0 Å². The summed E-state index contributed by atoms with van der Waals surface area (Å²) in [5.74, 6) is 0.640. The Labute approximate surface area is 77.8 Å². The van der Waals surface area contributed by atoms with Gasteiger partial charge in [0.05, 0.1) is 12.3 Å². The molecule has 1 aromatic rings. The monoisotopic (exact) mass is 181 g/mol. The van der Waals surface area contributed by atoms with Gasteiger partial charge < -0.3 is 16.2 Å². The van der Waals surface area contributed by atoms with Gasteiger partial charge in [0.1, 0.15) is 5.82 Å². The van der Waals surface area contributed by atoms with Crippen LogP contribution in [0.2, 0.25) is 0 Å². The molecule has 0 aromatic carbocycles. The van der Waals surface area contributed by atoms with Gasteiger partial charge in [-0.1, -0.05) is 0 Å². The molecule has 0 spiro atoms. The van der Waals surface area contributed by atoms with Gasteiger partial charge in [-0.3, -0.25) is 0 Å². The number of nitrogens with zero attached hydrogens (tertiary/aromatic N) is 1. The van der Waals surface area contributed by atoms with Crippen LogP contribution < -0.4 is 11.1 Å². The number of nitrogens with two attached hydrogens (primary N) is 1. The van der Waals surface area contributed by atoms with Crippen molar-refractivity contribution in [3.8, 4) is 0 Å². The number of aliphatic hydroxyl groups is 1. The molecule has 4 N–H and O–H groups in total. The number of anilines is 2. The summed E-state index contributed by atoms with van der Waals surface area (Å²) in [6.45, 7) is 3.85. The lowest BCUT2D eigenvalue weighted by atomic mass is 10.2. The number of aryl methyl sites for hydroxylation is 1. The van der Waals surface area contributed by atoms with Crippen LogP contribution in [0.25, 0.3) is 0 Å². The summed E-state index contributed by atoms with van der Waals surface area (Å²) >= 11 is 0. The average molecular weight is 181 g/mol. The number of rotatable bonds is 3. The molecule has 4 heteroatoms. The Morgan fingerprint density at radius 1 is 1.69 bits per heavy atom. The van der Waals surface area contributed by atoms with Crippen molar-refractivity contribution in [2.75, 3.05) is 17.7 Å². The van der Waals surface area contributed by atoms with Crippen LogP contribution in [0.4, 0.5) is 11.5 Å². The number of hydrogen-bond donors (Lipinski definition) is 3. The lowest BCUT2D eigenvalue weighted by Gasteiger charge is -2.13. The van der Waals surface area contributed by atoms with Crippen molar-refractivity contribution >= 4 is 11.5 Å². The Bertz CT molecular complexity index is 288. The average Bonchev–Trinajstić information content (AvgIpc) is 2.13. The van der Waals surface area contributed by atoms with Crippen LogP contribution in [-0.4, -0.2) is 22.7 Å². The fourth-order valence-corrected chi connectivity index (χ4v) is 0.964. The fourth-order valence-electron chi connectivity index (χ4n) is 0.964. The largest absolute Gasteiger partial charge is 0.396 e. The summed E-state index contributed by atoms with van der Waals surface area (Å²) in [6.07, 6.45) is 1.69. The smallest absolute Gasteiger partial charge is 0.149 e. The van der Waals surface area contributed by atoms with Crippen LogP contribution >= 0.6 is 0 Å². The van der Waals surface area contributed by atoms with Crippen molar-refractivity contribution < 1.29 is 5.11 Å². The second-order valence-corrected chi connectivity index (χ2v) is 3.12. The molecule has 13 heavy (non-hydrogen) atoms. The molecule has 72 valence electrons. The molecule has 1 rings (SSSR count). The first-order valence-corrected chi connectivity index (χ1v) is 4.23. The molecule has 0 bridgehead atoms. The third-order valence-electron chi connectivity index (χ3n) is 1.87. The fraction of sp³-hybridized carbons (Fsp3) is 0.444. The third-order valence-corrected chi connectivity index (χ3v) is 1.87. The van der Waals surface area contributed by atoms with E-state index in [2.05, 4.69) is 10.3 Å². The Morgan fingerprint density at radius 3 is 3.00 bits per heavy atom. The van der Waals surface area contributed by atoms with Gasteiger partial charge in [0.15, 0.2) is 0 Å². The standard InChI is InChI=1S/C9H15N3O/c1-6-3-4-11-9(8(6)10)12-7(2)5-13/h3-4,7,13H,5,10H2,1-2H3,(H,11,12). The van der Waals surface area contributed by atoms with Crippen molar-refractivity contribution in [1.29, 1.82) is 0 Å². The number of nitrogen functional groups attached to an aromatic ring is 1. The van der Waals surface area contributed by atoms with Crippen LogP contribution in [0, 0.1) is 6.92 Å². The number of nitrogens with one attached hydrogen (secondary N) is 1. The van der Waals surface area contributed by atoms with E-state index in [1.165, 1.54) is 0 Å². The highest BCUT2D eigenvalue weighted by molar-refractivity contribution is 5.65. The van der Waals surface area contributed by atoms with Crippen molar-refractivity contribution in [2.45, 2.75) is 19.9 Å². The zero-order chi connectivity index (χ0) is 9.84. The number of pyridine rings is 1. The van der Waals surface area contributed by atoms with E-state index < -0.39 is 0 Å². The maximum Gasteiger partial charge on any atom is 0.149 e. The Morgan fingerprint density at radius 2 is 2.38 bits per heavy atom. The molecule has 0 saturated heterocycles. The topological polar surface area (TPSA) is 71.2 Å². The number of aromatic nitrogens is 1. The predicted octanol–water partition coefficient (Wildman–Crippen LogP) is 0.765. The van der Waals surface area contributed by atoms with Gasteiger partial charge in [-0.25, -0.2) is 4.98 Å². The maximum atomic E-state index is 8.83. The van der Waals surface area contributed by atoms with E-state index in [0.717, 1.165) is 5.56 Å². The summed E-state index contributed by atoms with van der Waals surface area (Å²) in [5, 5.41) is 11.8. The molecule has 0 aliphatic carbocycles. The first kappa shape index (κ1) is 9.80. The van der Waals surface area contributed by atoms with E-state index in [1.54, 1.807) is 6.20 Å². The number of aliphatic hydroxyl groups excluding tert-OH is 1. The Balaban J connectivity index is 2.83. The summed E-state index contributed by atoms with van der Waals surface area (Å²) in [4.78, 5) is 4.08. The minimum Gasteiger partial charge on any atom is -0.396 e. The second-order valence-electron chi connectivity index (χ2n) is 3.12. The van der Waals surface area contributed by atoms with Crippen molar-refractivity contribution in [1.82, 2.24) is 4.98 Å². The van der Waals surface area contributed by atoms with Crippen molar-refractivity contribution in [2.24, 2.45) is 0 Å². The van der Waals surface area contributed by atoms with E-state index in [4.69, 9.17) is 10.8 Å². The minimum atomic E-state index is -0.0309. The molecule has 0 amide bonds. The van der Waals surface area contributed by atoms with Gasteiger partial charge in [0.2, 0.25) is 0 Å². The van der Waals surface area contributed by atoms with E-state index in [-0.39, 0.29) is 12.6 Å². The first-order valence-electron chi connectivity index (χ1n) is 4.23. The minimum absolute atomic E-state index is 0.0309. The first-order chi connectivity index (χ1) is 6.15. The zero-order valence-electron chi connectivity index (χ0n) is 7.91. The van der Waals surface area contributed by atoms with Crippen LogP contribution in [0.1, 0.15) is 12.5 Å². The lowest BCUT2D eigenvalue weighted by Crippen LogP contribution is -2.21. The molecule has 0 radical (unpaired) electrons. The normalized spacial score (nSPS) is 12.5. The van der Waals surface area contributed by atoms with Crippen LogP contribution in [0.5, 0.6) is 0 Å². The highest BCUT2D eigenvalue weighted by atomic mass is 16.3. The summed E-state index contributed by atoms with van der Waals surface area (Å²) in [6, 6.07) is 1.82. The quantitative estimate of drug-likeness (QED) is 0.644. The second kappa shape index (κ2) is 4.09. The molecule has 0 saturated carbocycles. The van der Waals surface area contributed by atoms with Gasteiger partial charge in [0, 0.05) is 12.2 Å². The highest BCUT2D eigenvalue weighted by Crippen LogP contribution is 2.18. The van der Waals surface area contributed by atoms with E-state index in [1.807, 2.05) is 19.9 Å². The van der Waals surface area contributed by atoms with Crippen molar-refractivity contribution in [3.05, 3.63) is 17.8 Å².